The number of sulfone groups is 1. The lowest BCUT2D eigenvalue weighted by Crippen LogP contribution is -2.23. The topological polar surface area (TPSA) is 95.2 Å². The Bertz CT molecular complexity index is 647. The maximum absolute atomic E-state index is 12.0. The molecule has 1 fully saturated rings. The summed E-state index contributed by atoms with van der Waals surface area (Å²) < 4.78 is 24.0. The van der Waals surface area contributed by atoms with Gasteiger partial charge in [0.2, 0.25) is 0 Å². The molecule has 3 atom stereocenters. The number of hydrogen-bond donors (Lipinski definition) is 1. The summed E-state index contributed by atoms with van der Waals surface area (Å²) in [6.07, 6.45) is 0. The fourth-order valence-corrected chi connectivity index (χ4v) is 4.49. The van der Waals surface area contributed by atoms with E-state index in [0.717, 1.165) is 0 Å². The van der Waals surface area contributed by atoms with Crippen molar-refractivity contribution in [3.8, 4) is 6.07 Å². The molecule has 0 aromatic heterocycles. The molecule has 0 saturated heterocycles. The van der Waals surface area contributed by atoms with Crippen LogP contribution in [0.25, 0.3) is 0 Å². The van der Waals surface area contributed by atoms with Crippen molar-refractivity contribution in [2.45, 2.75) is 18.1 Å². The summed E-state index contributed by atoms with van der Waals surface area (Å²) in [5.41, 5.74) is -1.27. The molecule has 1 aromatic carbocycles. The van der Waals surface area contributed by atoms with Gasteiger partial charge in [0, 0.05) is 11.7 Å². The summed E-state index contributed by atoms with van der Waals surface area (Å²) in [5, 5.41) is 17.3. The number of nitriles is 1. The third-order valence-corrected chi connectivity index (χ3v) is 5.84. The Morgan fingerprint density at radius 1 is 1.42 bits per heavy atom. The van der Waals surface area contributed by atoms with E-state index >= 15 is 0 Å². The number of rotatable bonds is 4. The molecule has 19 heavy (non-hydrogen) atoms. The van der Waals surface area contributed by atoms with Crippen molar-refractivity contribution in [3.63, 3.8) is 0 Å². The highest BCUT2D eigenvalue weighted by Crippen LogP contribution is 2.62. The van der Waals surface area contributed by atoms with Gasteiger partial charge >= 0.3 is 5.97 Å². The lowest BCUT2D eigenvalue weighted by atomic mass is 10.0. The second-order valence-electron chi connectivity index (χ2n) is 4.55. The number of nitrogens with zero attached hydrogens (tertiary/aromatic N) is 1. The van der Waals surface area contributed by atoms with Crippen molar-refractivity contribution in [1.82, 2.24) is 0 Å². The minimum Gasteiger partial charge on any atom is -0.480 e. The zero-order valence-electron chi connectivity index (χ0n) is 10.3. The second kappa shape index (κ2) is 4.35. The molecule has 1 aromatic rings. The van der Waals surface area contributed by atoms with E-state index in [-0.39, 0.29) is 5.75 Å². The normalized spacial score (nSPS) is 29.5. The van der Waals surface area contributed by atoms with Crippen LogP contribution in [-0.4, -0.2) is 30.5 Å². The predicted molar refractivity (Wildman–Crippen MR) is 68.1 cm³/mol. The standard InChI is InChI=1S/C13H13NO4S/c1-2-19(17,18)11-10(9-6-4-3-5-7-9)13(11,8-14)12(15)16/h3-7,10-11H,2H2,1H3,(H,15,16)/t10-,11+,13-/m0/s1. The summed E-state index contributed by atoms with van der Waals surface area (Å²) in [5.74, 6) is -2.33. The zero-order chi connectivity index (χ0) is 14.3. The van der Waals surface area contributed by atoms with Gasteiger partial charge in [-0.1, -0.05) is 37.3 Å². The Labute approximate surface area is 111 Å². The van der Waals surface area contributed by atoms with E-state index in [1.807, 2.05) is 0 Å². The fourth-order valence-electron chi connectivity index (χ4n) is 2.56. The molecule has 1 aliphatic rings. The first-order valence-electron chi connectivity index (χ1n) is 5.83. The summed E-state index contributed by atoms with van der Waals surface area (Å²) >= 11 is 0. The lowest BCUT2D eigenvalue weighted by molar-refractivity contribution is -0.141. The van der Waals surface area contributed by atoms with E-state index in [1.165, 1.54) is 6.92 Å². The molecule has 1 saturated carbocycles. The van der Waals surface area contributed by atoms with Gasteiger partial charge in [-0.15, -0.1) is 0 Å². The summed E-state index contributed by atoms with van der Waals surface area (Å²) in [4.78, 5) is 11.4. The molecule has 0 unspecified atom stereocenters. The largest absolute Gasteiger partial charge is 0.480 e. The summed E-state index contributed by atoms with van der Waals surface area (Å²) in [6.45, 7) is 1.46. The van der Waals surface area contributed by atoms with Crippen LogP contribution in [0.15, 0.2) is 30.3 Å². The van der Waals surface area contributed by atoms with Crippen molar-refractivity contribution in [2.24, 2.45) is 5.41 Å². The van der Waals surface area contributed by atoms with Gasteiger partial charge in [0.05, 0.1) is 6.07 Å². The van der Waals surface area contributed by atoms with Crippen LogP contribution in [0.1, 0.15) is 18.4 Å². The summed E-state index contributed by atoms with van der Waals surface area (Å²) in [7, 11) is -3.59. The van der Waals surface area contributed by atoms with Crippen molar-refractivity contribution >= 4 is 15.8 Å². The van der Waals surface area contributed by atoms with E-state index in [2.05, 4.69) is 0 Å². The van der Waals surface area contributed by atoms with Crippen LogP contribution >= 0.6 is 0 Å². The van der Waals surface area contributed by atoms with Crippen LogP contribution < -0.4 is 0 Å². The number of hydrogen-bond acceptors (Lipinski definition) is 4. The Kier molecular flexibility index (Phi) is 3.11. The van der Waals surface area contributed by atoms with Gasteiger partial charge in [-0.2, -0.15) is 5.26 Å². The van der Waals surface area contributed by atoms with Gasteiger partial charge in [0.25, 0.3) is 0 Å². The molecule has 1 N–H and O–H groups in total. The highest BCUT2D eigenvalue weighted by atomic mass is 32.2. The van der Waals surface area contributed by atoms with Gasteiger partial charge in [-0.05, 0) is 5.56 Å². The molecule has 5 nitrogen and oxygen atoms in total. The van der Waals surface area contributed by atoms with Crippen molar-refractivity contribution in [3.05, 3.63) is 35.9 Å². The third-order valence-electron chi connectivity index (χ3n) is 3.62. The molecule has 2 rings (SSSR count). The van der Waals surface area contributed by atoms with Crippen molar-refractivity contribution in [1.29, 1.82) is 5.26 Å². The van der Waals surface area contributed by atoms with E-state index in [9.17, 15) is 23.6 Å². The Morgan fingerprint density at radius 2 is 2.00 bits per heavy atom. The first-order chi connectivity index (χ1) is 8.91. The van der Waals surface area contributed by atoms with Crippen LogP contribution in [0, 0.1) is 16.7 Å². The Balaban J connectivity index is 2.55. The SMILES string of the molecule is CCS(=O)(=O)[C@@H]1[C@H](c2ccccc2)[C@]1(C#N)C(=O)O. The third kappa shape index (κ3) is 1.81. The molecule has 0 spiro atoms. The van der Waals surface area contributed by atoms with Gasteiger partial charge in [0.15, 0.2) is 15.3 Å². The molecular weight excluding hydrogens is 266 g/mol. The zero-order valence-corrected chi connectivity index (χ0v) is 11.1. The lowest BCUT2D eigenvalue weighted by Gasteiger charge is -2.01. The summed E-state index contributed by atoms with van der Waals surface area (Å²) in [6, 6.07) is 10.2. The average Bonchev–Trinajstić information content (AvgIpc) is 3.11. The number of benzene rings is 1. The number of carbonyl (C=O) groups is 1. The number of carboxylic acids is 1. The fraction of sp³-hybridized carbons (Fsp3) is 0.385. The highest BCUT2D eigenvalue weighted by molar-refractivity contribution is 7.92. The molecule has 6 heteroatoms. The maximum Gasteiger partial charge on any atom is 0.326 e. The van der Waals surface area contributed by atoms with Crippen LogP contribution in [0.4, 0.5) is 0 Å². The van der Waals surface area contributed by atoms with Crippen LogP contribution in [0.5, 0.6) is 0 Å². The molecule has 0 aliphatic heterocycles. The van der Waals surface area contributed by atoms with Gasteiger partial charge in [-0.25, -0.2) is 8.42 Å². The van der Waals surface area contributed by atoms with Gasteiger partial charge in [-0.3, -0.25) is 4.79 Å². The minimum absolute atomic E-state index is 0.169. The molecule has 0 amide bonds. The van der Waals surface area contributed by atoms with Crippen molar-refractivity contribution < 1.29 is 18.3 Å². The molecule has 100 valence electrons. The quantitative estimate of drug-likeness (QED) is 0.893. The molecule has 1 aliphatic carbocycles. The van der Waals surface area contributed by atoms with Crippen LogP contribution in [0.3, 0.4) is 0 Å². The maximum atomic E-state index is 12.0. The van der Waals surface area contributed by atoms with Crippen LogP contribution in [-0.2, 0) is 14.6 Å². The molecular formula is C13H13NO4S. The van der Waals surface area contributed by atoms with E-state index in [4.69, 9.17) is 0 Å². The average molecular weight is 279 g/mol. The predicted octanol–water partition coefficient (Wildman–Crippen LogP) is 1.18. The molecule has 0 radical (unpaired) electrons. The highest BCUT2D eigenvalue weighted by Gasteiger charge is 2.76. The van der Waals surface area contributed by atoms with Crippen LogP contribution in [0.2, 0.25) is 0 Å². The van der Waals surface area contributed by atoms with E-state index < -0.39 is 32.4 Å². The first-order valence-corrected chi connectivity index (χ1v) is 7.54. The Morgan fingerprint density at radius 3 is 2.42 bits per heavy atom. The van der Waals surface area contributed by atoms with E-state index in [0.29, 0.717) is 5.56 Å². The Hall–Kier alpha value is -1.87. The monoisotopic (exact) mass is 279 g/mol. The second-order valence-corrected chi connectivity index (χ2v) is 6.96. The van der Waals surface area contributed by atoms with Gasteiger partial charge in [0.1, 0.15) is 5.25 Å². The van der Waals surface area contributed by atoms with Crippen molar-refractivity contribution in [2.75, 3.05) is 5.75 Å². The smallest absolute Gasteiger partial charge is 0.326 e. The number of aliphatic carboxylic acids is 1. The van der Waals surface area contributed by atoms with E-state index in [1.54, 1.807) is 36.4 Å². The first kappa shape index (κ1) is 13.6. The van der Waals surface area contributed by atoms with Gasteiger partial charge < -0.3 is 5.11 Å². The molecule has 0 heterocycles. The molecule has 0 bridgehead atoms. The number of carboxylic acid groups (broad SMARTS) is 1. The minimum atomic E-state index is -3.59.